The van der Waals surface area contributed by atoms with Crippen LogP contribution in [0.1, 0.15) is 41.8 Å². The molecule has 0 aromatic heterocycles. The molecule has 0 spiro atoms. The van der Waals surface area contributed by atoms with Gasteiger partial charge < -0.3 is 16.0 Å². The van der Waals surface area contributed by atoms with Crippen LogP contribution in [-0.2, 0) is 27.2 Å². The molecule has 5 rings (SSSR count). The molecule has 212 valence electrons. The summed E-state index contributed by atoms with van der Waals surface area (Å²) in [7, 11) is 0. The highest BCUT2D eigenvalue weighted by Crippen LogP contribution is 2.39. The molecule has 4 amide bonds. The zero-order valence-corrected chi connectivity index (χ0v) is 22.4. The van der Waals surface area contributed by atoms with Crippen molar-refractivity contribution in [3.05, 3.63) is 65.0 Å². The van der Waals surface area contributed by atoms with Crippen LogP contribution in [0.5, 0.6) is 0 Å². The van der Waals surface area contributed by atoms with Gasteiger partial charge in [-0.2, -0.15) is 5.53 Å². The quantitative estimate of drug-likeness (QED) is 0.273. The van der Waals surface area contributed by atoms with Crippen molar-refractivity contribution in [2.45, 2.75) is 57.3 Å². The Labute approximate surface area is 231 Å². The Morgan fingerprint density at radius 1 is 1.10 bits per heavy atom. The van der Waals surface area contributed by atoms with E-state index in [-0.39, 0.29) is 29.3 Å². The van der Waals surface area contributed by atoms with Crippen LogP contribution in [0.2, 0.25) is 0 Å². The van der Waals surface area contributed by atoms with Gasteiger partial charge in [0.1, 0.15) is 23.9 Å². The lowest BCUT2D eigenvalue weighted by molar-refractivity contribution is -0.130. The average molecular weight is 552 g/mol. The zero-order chi connectivity index (χ0) is 28.4. The van der Waals surface area contributed by atoms with Crippen LogP contribution >= 0.6 is 0 Å². The van der Waals surface area contributed by atoms with E-state index in [2.05, 4.69) is 32.3 Å². The van der Waals surface area contributed by atoms with E-state index in [9.17, 15) is 23.6 Å². The molecule has 0 aliphatic carbocycles. The van der Waals surface area contributed by atoms with Gasteiger partial charge in [-0.15, -0.1) is 0 Å². The van der Waals surface area contributed by atoms with Gasteiger partial charge in [0.15, 0.2) is 0 Å². The first-order valence-corrected chi connectivity index (χ1v) is 13.5. The summed E-state index contributed by atoms with van der Waals surface area (Å²) in [4.78, 5) is 55.0. The van der Waals surface area contributed by atoms with E-state index >= 15 is 0 Å². The van der Waals surface area contributed by atoms with E-state index in [0.717, 1.165) is 16.8 Å². The van der Waals surface area contributed by atoms with Gasteiger partial charge >= 0.3 is 0 Å². The second-order valence-corrected chi connectivity index (χ2v) is 10.7. The fourth-order valence-electron chi connectivity index (χ4n) is 5.44. The number of carbonyl (C=O) groups excluding carboxylic acids is 4. The van der Waals surface area contributed by atoms with E-state index in [4.69, 9.17) is 0 Å². The van der Waals surface area contributed by atoms with Gasteiger partial charge in [0, 0.05) is 25.1 Å². The lowest BCUT2D eigenvalue weighted by Crippen LogP contribution is -2.58. The molecule has 12 heteroatoms. The number of hydrazine groups is 2. The maximum atomic E-state index is 13.9. The molecule has 6 N–H and O–H groups in total. The molecular formula is C28H34FN7O4. The second kappa shape index (κ2) is 11.7. The molecule has 40 heavy (non-hydrogen) atoms. The van der Waals surface area contributed by atoms with Crippen molar-refractivity contribution in [3.8, 4) is 0 Å². The number of nitrogens with zero attached hydrogens (tertiary/aromatic N) is 1. The van der Waals surface area contributed by atoms with Gasteiger partial charge in [0.2, 0.25) is 17.7 Å². The fourth-order valence-corrected chi connectivity index (χ4v) is 5.44. The highest BCUT2D eigenvalue weighted by molar-refractivity contribution is 6.08. The number of anilines is 1. The summed E-state index contributed by atoms with van der Waals surface area (Å²) in [5.74, 6) is -2.38. The van der Waals surface area contributed by atoms with E-state index in [1.165, 1.54) is 29.2 Å². The lowest BCUT2D eigenvalue weighted by atomic mass is 9.99. The molecular weight excluding hydrogens is 517 g/mol. The molecule has 3 heterocycles. The standard InChI is InChI=1S/C28H34FN7O4/c1-15(2)23(33-25(37)17-6-9-19(29)10-7-17)27(39)32-21-11-8-16-4-3-5-18-12-22(36(24(16)18)28(21)40)26(38)30-13-20-14-31-35-34-20/h3-7,9-10,15,20-23,31,34-35H,8,11-14H2,1-2H3,(H,30,38)(H,32,39)(H,33,37)/t20?,21-,22-,23-/m0/s1. The first-order valence-electron chi connectivity index (χ1n) is 13.5. The van der Waals surface area contributed by atoms with E-state index in [1.807, 2.05) is 18.2 Å². The predicted molar refractivity (Wildman–Crippen MR) is 145 cm³/mol. The molecule has 0 saturated carbocycles. The van der Waals surface area contributed by atoms with Crippen LogP contribution in [-0.4, -0.2) is 60.9 Å². The Hall–Kier alpha value is -3.87. The van der Waals surface area contributed by atoms with Crippen LogP contribution < -0.4 is 37.2 Å². The minimum absolute atomic E-state index is 0.00764. The van der Waals surface area contributed by atoms with Gasteiger partial charge in [0.25, 0.3) is 5.91 Å². The molecule has 1 unspecified atom stereocenters. The molecule has 0 radical (unpaired) electrons. The highest BCUT2D eigenvalue weighted by atomic mass is 19.1. The molecule has 11 nitrogen and oxygen atoms in total. The molecule has 0 bridgehead atoms. The van der Waals surface area contributed by atoms with Crippen molar-refractivity contribution >= 4 is 29.3 Å². The average Bonchev–Trinajstić information content (AvgIpc) is 3.57. The van der Waals surface area contributed by atoms with Gasteiger partial charge in [-0.3, -0.25) is 24.1 Å². The van der Waals surface area contributed by atoms with Crippen molar-refractivity contribution in [3.63, 3.8) is 0 Å². The van der Waals surface area contributed by atoms with Gasteiger partial charge in [-0.05, 0) is 54.2 Å². The van der Waals surface area contributed by atoms with Crippen molar-refractivity contribution in [1.29, 1.82) is 0 Å². The minimum Gasteiger partial charge on any atom is -0.353 e. The maximum absolute atomic E-state index is 13.9. The van der Waals surface area contributed by atoms with E-state index < -0.39 is 35.8 Å². The van der Waals surface area contributed by atoms with Crippen LogP contribution in [0.25, 0.3) is 0 Å². The van der Waals surface area contributed by atoms with Gasteiger partial charge in [-0.25, -0.2) is 15.2 Å². The van der Waals surface area contributed by atoms with E-state index in [0.29, 0.717) is 32.4 Å². The fraction of sp³-hybridized carbons (Fsp3) is 0.429. The summed E-state index contributed by atoms with van der Waals surface area (Å²) in [5, 5.41) is 8.51. The number of hydrogen-bond acceptors (Lipinski definition) is 7. The van der Waals surface area contributed by atoms with Crippen molar-refractivity contribution in [2.24, 2.45) is 5.92 Å². The number of benzene rings is 2. The molecule has 2 aromatic rings. The zero-order valence-electron chi connectivity index (χ0n) is 22.4. The molecule has 2 aromatic carbocycles. The first-order chi connectivity index (χ1) is 19.2. The molecule has 1 saturated heterocycles. The number of hydrogen-bond donors (Lipinski definition) is 6. The minimum atomic E-state index is -0.926. The Morgan fingerprint density at radius 3 is 2.55 bits per heavy atom. The third kappa shape index (κ3) is 5.69. The SMILES string of the molecule is CC(C)[C@H](NC(=O)c1ccc(F)cc1)C(=O)N[C@H]1CCc2cccc3c2N(C1=O)[C@H](C(=O)NCC1CNNN1)C3. The van der Waals surface area contributed by atoms with Crippen LogP contribution in [0.4, 0.5) is 10.1 Å². The topological polar surface area (TPSA) is 144 Å². The number of carbonyl (C=O) groups is 4. The van der Waals surface area contributed by atoms with Crippen LogP contribution in [0.3, 0.4) is 0 Å². The summed E-state index contributed by atoms with van der Waals surface area (Å²) in [5.41, 5.74) is 11.6. The second-order valence-electron chi connectivity index (χ2n) is 10.7. The smallest absolute Gasteiger partial charge is 0.251 e. The van der Waals surface area contributed by atoms with Crippen molar-refractivity contribution in [2.75, 3.05) is 18.0 Å². The highest BCUT2D eigenvalue weighted by Gasteiger charge is 2.44. The number of para-hydroxylation sites is 1. The number of halogens is 1. The Kier molecular flexibility index (Phi) is 8.10. The number of aryl methyl sites for hydroxylation is 1. The summed E-state index contributed by atoms with van der Waals surface area (Å²) in [6.45, 7) is 4.60. The monoisotopic (exact) mass is 551 g/mol. The Balaban J connectivity index is 1.32. The van der Waals surface area contributed by atoms with Crippen LogP contribution in [0, 0.1) is 11.7 Å². The number of nitrogens with one attached hydrogen (secondary N) is 6. The predicted octanol–water partition coefficient (Wildman–Crippen LogP) is 0.0662. The molecule has 3 aliphatic rings. The van der Waals surface area contributed by atoms with Crippen molar-refractivity contribution in [1.82, 2.24) is 32.3 Å². The first kappa shape index (κ1) is 27.7. The normalized spacial score (nSPS) is 22.4. The Morgan fingerprint density at radius 2 is 1.85 bits per heavy atom. The summed E-state index contributed by atoms with van der Waals surface area (Å²) < 4.78 is 13.3. The largest absolute Gasteiger partial charge is 0.353 e. The summed E-state index contributed by atoms with van der Waals surface area (Å²) in [6.07, 6.45) is 1.28. The third-order valence-corrected chi connectivity index (χ3v) is 7.60. The lowest BCUT2D eigenvalue weighted by Gasteiger charge is -2.29. The van der Waals surface area contributed by atoms with E-state index in [1.54, 1.807) is 13.8 Å². The molecule has 4 atom stereocenters. The Bertz CT molecular complexity index is 1300. The third-order valence-electron chi connectivity index (χ3n) is 7.60. The van der Waals surface area contributed by atoms with Gasteiger partial charge in [-0.1, -0.05) is 32.0 Å². The number of rotatable bonds is 8. The molecule has 3 aliphatic heterocycles. The van der Waals surface area contributed by atoms with Crippen molar-refractivity contribution < 1.29 is 23.6 Å². The van der Waals surface area contributed by atoms with Crippen LogP contribution in [0.15, 0.2) is 42.5 Å². The summed E-state index contributed by atoms with van der Waals surface area (Å²) >= 11 is 0. The maximum Gasteiger partial charge on any atom is 0.251 e. The summed E-state index contributed by atoms with van der Waals surface area (Å²) in [6, 6.07) is 8.31. The van der Waals surface area contributed by atoms with Gasteiger partial charge in [0.05, 0.1) is 11.7 Å². The number of amides is 4. The molecule has 1 fully saturated rings.